The largest absolute Gasteiger partial charge is 0.370 e. The second kappa shape index (κ2) is 6.67. The second-order valence-electron chi connectivity index (χ2n) is 3.57. The molecule has 0 aliphatic rings. The van der Waals surface area contributed by atoms with Gasteiger partial charge in [-0.3, -0.25) is 4.79 Å². The van der Waals surface area contributed by atoms with Crippen molar-refractivity contribution in [2.24, 2.45) is 0 Å². The highest BCUT2D eigenvalue weighted by Gasteiger charge is 2.02. The van der Waals surface area contributed by atoms with Crippen LogP contribution >= 0.6 is 0 Å². The van der Waals surface area contributed by atoms with Crippen LogP contribution < -0.4 is 16.0 Å². The third-order valence-corrected chi connectivity index (χ3v) is 2.13. The van der Waals surface area contributed by atoms with Gasteiger partial charge in [-0.25, -0.2) is 9.97 Å². The maximum Gasteiger partial charge on any atom is 0.221 e. The van der Waals surface area contributed by atoms with E-state index in [0.717, 1.165) is 18.2 Å². The number of anilines is 2. The number of hydrogen-bond donors (Lipinski definition) is 3. The molecule has 17 heavy (non-hydrogen) atoms. The molecule has 0 aliphatic carbocycles. The predicted octanol–water partition coefficient (Wildman–Crippen LogP) is 0.765. The molecule has 1 amide bonds. The van der Waals surface area contributed by atoms with E-state index in [1.165, 1.54) is 0 Å². The highest BCUT2D eigenvalue weighted by Crippen LogP contribution is 2.10. The number of hydrogen-bond acceptors (Lipinski definition) is 5. The van der Waals surface area contributed by atoms with Crippen LogP contribution in [0.1, 0.15) is 19.2 Å². The van der Waals surface area contributed by atoms with E-state index in [9.17, 15) is 4.79 Å². The van der Waals surface area contributed by atoms with Crippen LogP contribution in [0.15, 0.2) is 6.07 Å². The molecule has 0 bridgehead atoms. The minimum atomic E-state index is 0.00943. The summed E-state index contributed by atoms with van der Waals surface area (Å²) >= 11 is 0. The lowest BCUT2D eigenvalue weighted by atomic mass is 10.4. The first-order chi connectivity index (χ1) is 8.15. The van der Waals surface area contributed by atoms with E-state index < -0.39 is 0 Å². The Labute approximate surface area is 101 Å². The van der Waals surface area contributed by atoms with Crippen molar-refractivity contribution in [3.05, 3.63) is 11.9 Å². The molecule has 0 saturated carbocycles. The molecule has 0 aromatic carbocycles. The lowest BCUT2D eigenvalue weighted by molar-refractivity contribution is -0.120. The summed E-state index contributed by atoms with van der Waals surface area (Å²) in [5.74, 6) is 2.24. The van der Waals surface area contributed by atoms with Crippen LogP contribution in [0, 0.1) is 6.92 Å². The summed E-state index contributed by atoms with van der Waals surface area (Å²) in [4.78, 5) is 19.5. The van der Waals surface area contributed by atoms with Gasteiger partial charge in [0.2, 0.25) is 5.91 Å². The predicted molar refractivity (Wildman–Crippen MR) is 68.1 cm³/mol. The number of aryl methyl sites for hydroxylation is 1. The summed E-state index contributed by atoms with van der Waals surface area (Å²) in [6.07, 6.45) is 0.427. The van der Waals surface area contributed by atoms with Crippen molar-refractivity contribution in [3.63, 3.8) is 0 Å². The summed E-state index contributed by atoms with van der Waals surface area (Å²) in [5.41, 5.74) is 0. The molecule has 0 fully saturated rings. The fourth-order valence-corrected chi connectivity index (χ4v) is 1.36. The quantitative estimate of drug-likeness (QED) is 0.681. The molecule has 0 atom stereocenters. The van der Waals surface area contributed by atoms with Crippen LogP contribution in [0.3, 0.4) is 0 Å². The first-order valence-electron chi connectivity index (χ1n) is 5.69. The number of rotatable bonds is 6. The van der Waals surface area contributed by atoms with Crippen molar-refractivity contribution < 1.29 is 4.79 Å². The van der Waals surface area contributed by atoms with Crippen LogP contribution in [0.25, 0.3) is 0 Å². The van der Waals surface area contributed by atoms with Gasteiger partial charge in [-0.1, -0.05) is 0 Å². The molecule has 1 rings (SSSR count). The van der Waals surface area contributed by atoms with Crippen LogP contribution in [-0.2, 0) is 4.79 Å². The molecule has 1 aromatic heterocycles. The number of amides is 1. The third-order valence-electron chi connectivity index (χ3n) is 2.13. The van der Waals surface area contributed by atoms with Crippen LogP contribution in [0.2, 0.25) is 0 Å². The number of carbonyl (C=O) groups excluding carboxylic acids is 1. The van der Waals surface area contributed by atoms with Crippen molar-refractivity contribution in [3.8, 4) is 0 Å². The van der Waals surface area contributed by atoms with E-state index in [1.807, 2.05) is 19.9 Å². The van der Waals surface area contributed by atoms with Crippen molar-refractivity contribution in [2.75, 3.05) is 30.8 Å². The number of aromatic nitrogens is 2. The summed E-state index contributed by atoms with van der Waals surface area (Å²) in [7, 11) is 1.63. The maximum absolute atomic E-state index is 11.0. The SMILES string of the molecule is CCNc1cc(NCCC(=O)NC)nc(C)n1. The molecule has 0 unspecified atom stereocenters. The Morgan fingerprint density at radius 1 is 1.29 bits per heavy atom. The average molecular weight is 237 g/mol. The zero-order chi connectivity index (χ0) is 12.7. The molecule has 3 N–H and O–H groups in total. The van der Waals surface area contributed by atoms with Gasteiger partial charge in [0.25, 0.3) is 0 Å². The van der Waals surface area contributed by atoms with Gasteiger partial charge in [0.1, 0.15) is 17.5 Å². The molecule has 0 aliphatic heterocycles. The first-order valence-corrected chi connectivity index (χ1v) is 5.69. The van der Waals surface area contributed by atoms with E-state index in [4.69, 9.17) is 0 Å². The fourth-order valence-electron chi connectivity index (χ4n) is 1.36. The van der Waals surface area contributed by atoms with E-state index in [0.29, 0.717) is 18.8 Å². The van der Waals surface area contributed by atoms with Gasteiger partial charge >= 0.3 is 0 Å². The van der Waals surface area contributed by atoms with Gasteiger partial charge in [0.15, 0.2) is 0 Å². The Balaban J connectivity index is 2.55. The normalized spacial score (nSPS) is 9.82. The molecular weight excluding hydrogens is 218 g/mol. The van der Waals surface area contributed by atoms with Gasteiger partial charge in [0.05, 0.1) is 0 Å². The Morgan fingerprint density at radius 2 is 1.94 bits per heavy atom. The van der Waals surface area contributed by atoms with E-state index in [2.05, 4.69) is 25.9 Å². The van der Waals surface area contributed by atoms with Crippen molar-refractivity contribution in [1.29, 1.82) is 0 Å². The lowest BCUT2D eigenvalue weighted by Gasteiger charge is -2.08. The molecule has 1 aromatic rings. The van der Waals surface area contributed by atoms with Gasteiger partial charge in [-0.15, -0.1) is 0 Å². The van der Waals surface area contributed by atoms with Gasteiger partial charge < -0.3 is 16.0 Å². The van der Waals surface area contributed by atoms with Crippen molar-refractivity contribution in [2.45, 2.75) is 20.3 Å². The number of nitrogens with one attached hydrogen (secondary N) is 3. The van der Waals surface area contributed by atoms with Crippen LogP contribution in [0.4, 0.5) is 11.6 Å². The lowest BCUT2D eigenvalue weighted by Crippen LogP contribution is -2.21. The Morgan fingerprint density at radius 3 is 2.53 bits per heavy atom. The molecule has 1 heterocycles. The average Bonchev–Trinajstić information content (AvgIpc) is 2.28. The van der Waals surface area contributed by atoms with Crippen LogP contribution in [-0.4, -0.2) is 36.0 Å². The fraction of sp³-hybridized carbons (Fsp3) is 0.545. The van der Waals surface area contributed by atoms with E-state index >= 15 is 0 Å². The summed E-state index contributed by atoms with van der Waals surface area (Å²) in [5, 5.41) is 8.80. The Kier molecular flexibility index (Phi) is 5.19. The minimum absolute atomic E-state index is 0.00943. The Hall–Kier alpha value is -1.85. The zero-order valence-electron chi connectivity index (χ0n) is 10.5. The van der Waals surface area contributed by atoms with E-state index in [-0.39, 0.29) is 5.91 Å². The van der Waals surface area contributed by atoms with Gasteiger partial charge in [-0.2, -0.15) is 0 Å². The standard InChI is InChI=1S/C11H19N5O/c1-4-13-9-7-10(16-8(2)15-9)14-6-5-11(17)12-3/h7H,4-6H2,1-3H3,(H,12,17)(H2,13,14,15,16). The highest BCUT2D eigenvalue weighted by atomic mass is 16.1. The summed E-state index contributed by atoms with van der Waals surface area (Å²) < 4.78 is 0. The monoisotopic (exact) mass is 237 g/mol. The molecular formula is C11H19N5O. The second-order valence-corrected chi connectivity index (χ2v) is 3.57. The summed E-state index contributed by atoms with van der Waals surface area (Å²) in [6.45, 7) is 5.22. The van der Waals surface area contributed by atoms with Crippen molar-refractivity contribution in [1.82, 2.24) is 15.3 Å². The molecule has 6 heteroatoms. The van der Waals surface area contributed by atoms with Crippen LogP contribution in [0.5, 0.6) is 0 Å². The molecule has 0 spiro atoms. The molecule has 0 radical (unpaired) electrons. The third kappa shape index (κ3) is 4.67. The van der Waals surface area contributed by atoms with Gasteiger partial charge in [-0.05, 0) is 13.8 Å². The maximum atomic E-state index is 11.0. The highest BCUT2D eigenvalue weighted by molar-refractivity contribution is 5.76. The molecule has 94 valence electrons. The van der Waals surface area contributed by atoms with Crippen molar-refractivity contribution >= 4 is 17.5 Å². The first kappa shape index (κ1) is 13.2. The smallest absolute Gasteiger partial charge is 0.221 e. The minimum Gasteiger partial charge on any atom is -0.370 e. The zero-order valence-corrected chi connectivity index (χ0v) is 10.5. The van der Waals surface area contributed by atoms with E-state index in [1.54, 1.807) is 7.05 Å². The number of nitrogens with zero attached hydrogens (tertiary/aromatic N) is 2. The Bertz CT molecular complexity index is 380. The topological polar surface area (TPSA) is 78.9 Å². The number of carbonyl (C=O) groups is 1. The molecule has 0 saturated heterocycles. The van der Waals surface area contributed by atoms with Gasteiger partial charge in [0, 0.05) is 32.6 Å². The molecule has 6 nitrogen and oxygen atoms in total. The summed E-state index contributed by atoms with van der Waals surface area (Å²) in [6, 6.07) is 1.83.